The third-order valence-corrected chi connectivity index (χ3v) is 3.90. The second kappa shape index (κ2) is 7.19. The molecule has 0 saturated carbocycles. The lowest BCUT2D eigenvalue weighted by Gasteiger charge is -2.09. The van der Waals surface area contributed by atoms with Crippen molar-refractivity contribution in [1.29, 1.82) is 0 Å². The summed E-state index contributed by atoms with van der Waals surface area (Å²) in [4.78, 5) is 16.4. The lowest BCUT2D eigenvalue weighted by atomic mass is 10.2. The number of methoxy groups -OCH3 is 2. The van der Waals surface area contributed by atoms with E-state index in [0.29, 0.717) is 12.2 Å². The van der Waals surface area contributed by atoms with Gasteiger partial charge in [0.1, 0.15) is 16.5 Å². The van der Waals surface area contributed by atoms with E-state index >= 15 is 0 Å². The Morgan fingerprint density at radius 3 is 2.86 bits per heavy atom. The third kappa shape index (κ3) is 3.80. The Bertz CT molecular complexity index is 612. The lowest BCUT2D eigenvalue weighted by molar-refractivity contribution is 0.0867. The van der Waals surface area contributed by atoms with E-state index in [9.17, 15) is 4.79 Å². The van der Waals surface area contributed by atoms with Gasteiger partial charge < -0.3 is 14.8 Å². The highest BCUT2D eigenvalue weighted by Gasteiger charge is 2.14. The van der Waals surface area contributed by atoms with Crippen LogP contribution < -0.4 is 10.1 Å². The number of carbonyl (C=O) groups excluding carboxylic acids is 1. The predicted molar refractivity (Wildman–Crippen MR) is 82.9 cm³/mol. The first-order valence-electron chi connectivity index (χ1n) is 6.55. The van der Waals surface area contributed by atoms with E-state index in [1.54, 1.807) is 19.6 Å². The molecule has 0 saturated heterocycles. The number of nitrogens with zero attached hydrogens (tertiary/aromatic N) is 1. The summed E-state index contributed by atoms with van der Waals surface area (Å²) in [5.41, 5.74) is 1.29. The van der Waals surface area contributed by atoms with Crippen molar-refractivity contribution in [3.63, 3.8) is 0 Å². The zero-order valence-electron chi connectivity index (χ0n) is 12.3. The smallest absolute Gasteiger partial charge is 0.270 e. The Labute approximate surface area is 127 Å². The molecule has 6 heteroatoms. The van der Waals surface area contributed by atoms with Gasteiger partial charge in [0.2, 0.25) is 0 Å². The van der Waals surface area contributed by atoms with Gasteiger partial charge in [0.25, 0.3) is 5.91 Å². The van der Waals surface area contributed by atoms with Gasteiger partial charge in [0.15, 0.2) is 0 Å². The van der Waals surface area contributed by atoms with Gasteiger partial charge in [-0.15, -0.1) is 11.3 Å². The summed E-state index contributed by atoms with van der Waals surface area (Å²) in [6.45, 7) is 2.35. The van der Waals surface area contributed by atoms with E-state index in [2.05, 4.69) is 10.3 Å². The first kappa shape index (κ1) is 15.5. The molecule has 1 aromatic heterocycles. The number of rotatable bonds is 6. The number of carbonyl (C=O) groups is 1. The zero-order valence-corrected chi connectivity index (χ0v) is 13.1. The SMILES string of the molecule is COc1ccccc1-c1nc(C(=O)NCC(C)OC)cs1. The van der Waals surface area contributed by atoms with Gasteiger partial charge in [-0.05, 0) is 19.1 Å². The first-order valence-corrected chi connectivity index (χ1v) is 7.43. The quantitative estimate of drug-likeness (QED) is 0.891. The molecule has 1 aromatic carbocycles. The van der Waals surface area contributed by atoms with Crippen molar-refractivity contribution in [1.82, 2.24) is 10.3 Å². The van der Waals surface area contributed by atoms with Gasteiger partial charge in [0, 0.05) is 19.0 Å². The molecule has 5 nitrogen and oxygen atoms in total. The number of hydrogen-bond acceptors (Lipinski definition) is 5. The van der Waals surface area contributed by atoms with Crippen molar-refractivity contribution in [3.05, 3.63) is 35.3 Å². The van der Waals surface area contributed by atoms with Crippen molar-refractivity contribution >= 4 is 17.2 Å². The van der Waals surface area contributed by atoms with Gasteiger partial charge in [0.05, 0.1) is 18.8 Å². The van der Waals surface area contributed by atoms with E-state index in [1.807, 2.05) is 31.2 Å². The van der Waals surface area contributed by atoms with Crippen LogP contribution in [0.5, 0.6) is 5.75 Å². The number of para-hydroxylation sites is 1. The van der Waals surface area contributed by atoms with Gasteiger partial charge in [-0.25, -0.2) is 4.98 Å². The van der Waals surface area contributed by atoms with Crippen LogP contribution in [-0.4, -0.2) is 37.8 Å². The van der Waals surface area contributed by atoms with Gasteiger partial charge >= 0.3 is 0 Å². The fourth-order valence-electron chi connectivity index (χ4n) is 1.73. The molecule has 0 bridgehead atoms. The molecule has 1 heterocycles. The standard InChI is InChI=1S/C15H18N2O3S/c1-10(19-2)8-16-14(18)12-9-21-15(17-12)11-6-4-5-7-13(11)20-3/h4-7,9-10H,8H2,1-3H3,(H,16,18). The summed E-state index contributed by atoms with van der Waals surface area (Å²) >= 11 is 1.42. The normalized spacial score (nSPS) is 12.0. The molecule has 0 aliphatic carbocycles. The van der Waals surface area contributed by atoms with Crippen molar-refractivity contribution < 1.29 is 14.3 Å². The lowest BCUT2D eigenvalue weighted by Crippen LogP contribution is -2.31. The maximum Gasteiger partial charge on any atom is 0.270 e. The molecular weight excluding hydrogens is 288 g/mol. The summed E-state index contributed by atoms with van der Waals surface area (Å²) in [6, 6.07) is 7.61. The molecule has 21 heavy (non-hydrogen) atoms. The van der Waals surface area contributed by atoms with Gasteiger partial charge in [-0.1, -0.05) is 12.1 Å². The van der Waals surface area contributed by atoms with Crippen LogP contribution in [0, 0.1) is 0 Å². The number of aromatic nitrogens is 1. The number of amides is 1. The second-order valence-electron chi connectivity index (χ2n) is 4.49. The third-order valence-electron chi connectivity index (χ3n) is 3.03. The van der Waals surface area contributed by atoms with Crippen LogP contribution in [0.15, 0.2) is 29.6 Å². The molecule has 0 aliphatic heterocycles. The average molecular weight is 306 g/mol. The van der Waals surface area contributed by atoms with Crippen molar-refractivity contribution in [2.75, 3.05) is 20.8 Å². The molecule has 1 N–H and O–H groups in total. The molecule has 2 aromatic rings. The number of benzene rings is 1. The van der Waals surface area contributed by atoms with Crippen LogP contribution in [0.25, 0.3) is 10.6 Å². The summed E-state index contributed by atoms with van der Waals surface area (Å²) in [5.74, 6) is 0.545. The maximum atomic E-state index is 12.0. The van der Waals surface area contributed by atoms with E-state index < -0.39 is 0 Å². The summed E-state index contributed by atoms with van der Waals surface area (Å²) < 4.78 is 10.4. The van der Waals surface area contributed by atoms with Crippen LogP contribution >= 0.6 is 11.3 Å². The Kier molecular flexibility index (Phi) is 5.30. The number of nitrogens with one attached hydrogen (secondary N) is 1. The van der Waals surface area contributed by atoms with Crippen LogP contribution in [-0.2, 0) is 4.74 Å². The monoisotopic (exact) mass is 306 g/mol. The summed E-state index contributed by atoms with van der Waals surface area (Å²) in [6.07, 6.45) is -0.0266. The Morgan fingerprint density at radius 1 is 1.38 bits per heavy atom. The van der Waals surface area contributed by atoms with Crippen molar-refractivity contribution in [2.24, 2.45) is 0 Å². The fraction of sp³-hybridized carbons (Fsp3) is 0.333. The van der Waals surface area contributed by atoms with Crippen LogP contribution in [0.1, 0.15) is 17.4 Å². The largest absolute Gasteiger partial charge is 0.496 e. The number of hydrogen-bond donors (Lipinski definition) is 1. The zero-order chi connectivity index (χ0) is 15.2. The molecule has 112 valence electrons. The molecule has 1 amide bonds. The number of thiazole rings is 1. The van der Waals surface area contributed by atoms with Gasteiger partial charge in [-0.2, -0.15) is 0 Å². The Balaban J connectivity index is 2.12. The van der Waals surface area contributed by atoms with Crippen molar-refractivity contribution in [2.45, 2.75) is 13.0 Å². The maximum absolute atomic E-state index is 12.0. The minimum atomic E-state index is -0.198. The molecule has 0 aliphatic rings. The van der Waals surface area contributed by atoms with Crippen LogP contribution in [0.3, 0.4) is 0 Å². The highest BCUT2D eigenvalue weighted by Crippen LogP contribution is 2.31. The van der Waals surface area contributed by atoms with E-state index in [4.69, 9.17) is 9.47 Å². The minimum absolute atomic E-state index is 0.0266. The summed E-state index contributed by atoms with van der Waals surface area (Å²) in [5, 5.41) is 5.30. The van der Waals surface area contributed by atoms with Gasteiger partial charge in [-0.3, -0.25) is 4.79 Å². The Morgan fingerprint density at radius 2 is 2.14 bits per heavy atom. The van der Waals surface area contributed by atoms with Crippen LogP contribution in [0.4, 0.5) is 0 Å². The molecule has 1 unspecified atom stereocenters. The molecular formula is C15H18N2O3S. The van der Waals surface area contributed by atoms with Crippen LogP contribution in [0.2, 0.25) is 0 Å². The number of ether oxygens (including phenoxy) is 2. The topological polar surface area (TPSA) is 60.5 Å². The Hall–Kier alpha value is -1.92. The highest BCUT2D eigenvalue weighted by atomic mass is 32.1. The minimum Gasteiger partial charge on any atom is -0.496 e. The molecule has 0 spiro atoms. The van der Waals surface area contributed by atoms with E-state index in [-0.39, 0.29) is 12.0 Å². The molecule has 2 rings (SSSR count). The van der Waals surface area contributed by atoms with Crippen molar-refractivity contribution in [3.8, 4) is 16.3 Å². The molecule has 1 atom stereocenters. The highest BCUT2D eigenvalue weighted by molar-refractivity contribution is 7.13. The van der Waals surface area contributed by atoms with E-state index in [1.165, 1.54) is 11.3 Å². The summed E-state index contributed by atoms with van der Waals surface area (Å²) in [7, 11) is 3.23. The molecule has 0 fully saturated rings. The predicted octanol–water partition coefficient (Wildman–Crippen LogP) is 2.58. The molecule has 0 radical (unpaired) electrons. The van der Waals surface area contributed by atoms with E-state index in [0.717, 1.165) is 16.3 Å². The average Bonchev–Trinajstić information content (AvgIpc) is 3.02. The first-order chi connectivity index (χ1) is 10.2. The fourth-order valence-corrected chi connectivity index (χ4v) is 2.56. The second-order valence-corrected chi connectivity index (χ2v) is 5.35.